The van der Waals surface area contributed by atoms with Crippen molar-refractivity contribution >= 4 is 17.6 Å². The number of nitrogens with zero attached hydrogens (tertiary/aromatic N) is 3. The monoisotopic (exact) mass is 449 g/mol. The van der Waals surface area contributed by atoms with E-state index in [4.69, 9.17) is 4.99 Å². The second kappa shape index (κ2) is 13.5. The fourth-order valence-electron chi connectivity index (χ4n) is 4.16. The lowest BCUT2D eigenvalue weighted by atomic mass is 10.1. The second-order valence-electron chi connectivity index (χ2n) is 8.76. The molecule has 1 unspecified atom stereocenters. The van der Waals surface area contributed by atoms with Crippen LogP contribution in [0.2, 0.25) is 0 Å². The van der Waals surface area contributed by atoms with E-state index in [0.29, 0.717) is 18.9 Å². The zero-order valence-electron chi connectivity index (χ0n) is 20.2. The Bertz CT molecular complexity index is 855. The number of unbranched alkanes of at least 4 members (excludes halogenated alkanes) is 1. The topological polar surface area (TPSA) is 60.0 Å². The van der Waals surface area contributed by atoms with E-state index >= 15 is 0 Å². The summed E-state index contributed by atoms with van der Waals surface area (Å²) in [5, 5.41) is 6.78. The van der Waals surface area contributed by atoms with Crippen LogP contribution in [0.25, 0.3) is 0 Å². The largest absolute Gasteiger partial charge is 0.375 e. The third kappa shape index (κ3) is 8.44. The van der Waals surface area contributed by atoms with Gasteiger partial charge < -0.3 is 20.4 Å². The van der Waals surface area contributed by atoms with Crippen LogP contribution < -0.4 is 15.5 Å². The van der Waals surface area contributed by atoms with Gasteiger partial charge in [-0.2, -0.15) is 0 Å². The number of carbonyl (C=O) groups excluding carboxylic acids is 1. The van der Waals surface area contributed by atoms with Gasteiger partial charge in [0.15, 0.2) is 5.96 Å². The van der Waals surface area contributed by atoms with Crippen molar-refractivity contribution in [3.05, 3.63) is 66.2 Å². The molecule has 3 rings (SSSR count). The van der Waals surface area contributed by atoms with Gasteiger partial charge in [0.2, 0.25) is 5.91 Å². The van der Waals surface area contributed by atoms with Gasteiger partial charge in [0.1, 0.15) is 0 Å². The van der Waals surface area contributed by atoms with E-state index in [-0.39, 0.29) is 5.91 Å². The molecule has 1 heterocycles. The third-order valence-corrected chi connectivity index (χ3v) is 6.07. The van der Waals surface area contributed by atoms with Gasteiger partial charge in [-0.15, -0.1) is 0 Å². The highest BCUT2D eigenvalue weighted by atomic mass is 16.2. The third-order valence-electron chi connectivity index (χ3n) is 6.07. The van der Waals surface area contributed by atoms with E-state index in [1.54, 1.807) is 0 Å². The minimum atomic E-state index is 0.256. The average Bonchev–Trinajstić information content (AvgIpc) is 3.21. The summed E-state index contributed by atoms with van der Waals surface area (Å²) in [7, 11) is 2.14. The molecule has 2 N–H and O–H groups in total. The van der Waals surface area contributed by atoms with Gasteiger partial charge in [-0.3, -0.25) is 9.79 Å². The van der Waals surface area contributed by atoms with Crippen molar-refractivity contribution < 1.29 is 4.79 Å². The van der Waals surface area contributed by atoms with E-state index in [1.165, 1.54) is 11.3 Å². The molecule has 1 atom stereocenters. The summed E-state index contributed by atoms with van der Waals surface area (Å²) in [5.74, 6) is 1.40. The number of aliphatic imine (C=N–C) groups is 1. The number of anilines is 1. The maximum absolute atomic E-state index is 12.4. The van der Waals surface area contributed by atoms with E-state index in [2.05, 4.69) is 78.0 Å². The molecular formula is C27H39N5O. The molecule has 6 heteroatoms. The second-order valence-corrected chi connectivity index (χ2v) is 8.76. The van der Waals surface area contributed by atoms with Gasteiger partial charge in [-0.25, -0.2) is 0 Å². The van der Waals surface area contributed by atoms with Crippen molar-refractivity contribution in [3.8, 4) is 0 Å². The SMILES string of the molecule is CCNC(=NCC1CC(=O)N(CCc2ccccc2)C1)NCCCCN(C)c1ccccc1. The Morgan fingerprint density at radius 1 is 1.06 bits per heavy atom. The molecule has 0 aromatic heterocycles. The number of carbonyl (C=O) groups is 1. The Kier molecular flexibility index (Phi) is 10.1. The number of hydrogen-bond donors (Lipinski definition) is 2. The van der Waals surface area contributed by atoms with Gasteiger partial charge in [0.25, 0.3) is 0 Å². The summed E-state index contributed by atoms with van der Waals surface area (Å²) in [5.41, 5.74) is 2.53. The standard InChI is InChI=1S/C27H39N5O/c1-3-28-27(29-17-10-11-18-31(2)25-14-8-5-9-15-25)30-21-24-20-26(33)32(22-24)19-16-23-12-6-4-7-13-23/h4-9,12-15,24H,3,10-11,16-22H2,1-2H3,(H2,28,29,30). The van der Waals surface area contributed by atoms with E-state index < -0.39 is 0 Å². The summed E-state index contributed by atoms with van der Waals surface area (Å²) in [4.78, 5) is 21.5. The molecule has 33 heavy (non-hydrogen) atoms. The highest BCUT2D eigenvalue weighted by molar-refractivity contribution is 5.80. The van der Waals surface area contributed by atoms with Crippen LogP contribution in [0.15, 0.2) is 65.7 Å². The number of benzene rings is 2. The summed E-state index contributed by atoms with van der Waals surface area (Å²) in [6.45, 7) is 7.11. The highest BCUT2D eigenvalue weighted by Gasteiger charge is 2.28. The normalized spacial score (nSPS) is 16.2. The lowest BCUT2D eigenvalue weighted by Gasteiger charge is -2.19. The maximum atomic E-state index is 12.4. The molecule has 2 aromatic rings. The molecule has 0 bridgehead atoms. The summed E-state index contributed by atoms with van der Waals surface area (Å²) in [6, 6.07) is 20.9. The fraction of sp³-hybridized carbons (Fsp3) is 0.481. The van der Waals surface area contributed by atoms with Gasteiger partial charge in [-0.05, 0) is 43.9 Å². The lowest BCUT2D eigenvalue weighted by Crippen LogP contribution is -2.38. The van der Waals surface area contributed by atoms with Gasteiger partial charge >= 0.3 is 0 Å². The number of guanidine groups is 1. The van der Waals surface area contributed by atoms with Crippen molar-refractivity contribution in [1.29, 1.82) is 0 Å². The minimum absolute atomic E-state index is 0.256. The maximum Gasteiger partial charge on any atom is 0.223 e. The molecular weight excluding hydrogens is 410 g/mol. The zero-order valence-corrected chi connectivity index (χ0v) is 20.2. The molecule has 1 amide bonds. The summed E-state index contributed by atoms with van der Waals surface area (Å²) in [6.07, 6.45) is 3.71. The first kappa shape index (κ1) is 24.6. The van der Waals surface area contributed by atoms with Gasteiger partial charge in [0, 0.05) is 64.3 Å². The number of nitrogens with one attached hydrogen (secondary N) is 2. The number of amides is 1. The quantitative estimate of drug-likeness (QED) is 0.296. The first-order valence-electron chi connectivity index (χ1n) is 12.3. The molecule has 0 radical (unpaired) electrons. The molecule has 1 saturated heterocycles. The Labute approximate surface area is 199 Å². The Balaban J connectivity index is 1.36. The first-order valence-corrected chi connectivity index (χ1v) is 12.3. The van der Waals surface area contributed by atoms with Crippen molar-refractivity contribution in [3.63, 3.8) is 0 Å². The molecule has 178 valence electrons. The van der Waals surface area contributed by atoms with Crippen molar-refractivity contribution in [2.45, 2.75) is 32.6 Å². The molecule has 2 aromatic carbocycles. The first-order chi connectivity index (χ1) is 16.2. The van der Waals surface area contributed by atoms with Crippen molar-refractivity contribution in [2.75, 3.05) is 51.2 Å². The summed E-state index contributed by atoms with van der Waals surface area (Å²) >= 11 is 0. The molecule has 0 saturated carbocycles. The smallest absolute Gasteiger partial charge is 0.223 e. The van der Waals surface area contributed by atoms with Crippen LogP contribution in [0.5, 0.6) is 0 Å². The van der Waals surface area contributed by atoms with Gasteiger partial charge in [0.05, 0.1) is 0 Å². The number of likely N-dealkylation sites (tertiary alicyclic amines) is 1. The van der Waals surface area contributed by atoms with Crippen LogP contribution in [0.4, 0.5) is 5.69 Å². The Hall–Kier alpha value is -3.02. The Morgan fingerprint density at radius 3 is 2.52 bits per heavy atom. The lowest BCUT2D eigenvalue weighted by molar-refractivity contribution is -0.127. The van der Waals surface area contributed by atoms with E-state index in [0.717, 1.165) is 57.9 Å². The molecule has 6 nitrogen and oxygen atoms in total. The van der Waals surface area contributed by atoms with Crippen LogP contribution in [0.3, 0.4) is 0 Å². The Morgan fingerprint density at radius 2 is 1.79 bits per heavy atom. The van der Waals surface area contributed by atoms with Crippen LogP contribution >= 0.6 is 0 Å². The van der Waals surface area contributed by atoms with Crippen molar-refractivity contribution in [1.82, 2.24) is 15.5 Å². The average molecular weight is 450 g/mol. The van der Waals surface area contributed by atoms with Crippen molar-refractivity contribution in [2.24, 2.45) is 10.9 Å². The molecule has 1 aliphatic heterocycles. The molecule has 1 fully saturated rings. The zero-order chi connectivity index (χ0) is 23.3. The van der Waals surface area contributed by atoms with E-state index in [9.17, 15) is 4.79 Å². The van der Waals surface area contributed by atoms with Crippen LogP contribution in [-0.4, -0.2) is 63.1 Å². The molecule has 0 spiro atoms. The minimum Gasteiger partial charge on any atom is -0.375 e. The van der Waals surface area contributed by atoms with Crippen LogP contribution in [0, 0.1) is 5.92 Å². The molecule has 1 aliphatic rings. The number of rotatable bonds is 12. The summed E-state index contributed by atoms with van der Waals surface area (Å²) < 4.78 is 0. The number of para-hydroxylation sites is 1. The van der Waals surface area contributed by atoms with Gasteiger partial charge in [-0.1, -0.05) is 48.5 Å². The van der Waals surface area contributed by atoms with E-state index in [1.807, 2.05) is 17.0 Å². The van der Waals surface area contributed by atoms with Crippen LogP contribution in [0.1, 0.15) is 31.7 Å². The predicted molar refractivity (Wildman–Crippen MR) is 138 cm³/mol. The molecule has 0 aliphatic carbocycles. The predicted octanol–water partition coefficient (Wildman–Crippen LogP) is 3.55. The highest BCUT2D eigenvalue weighted by Crippen LogP contribution is 2.18. The fourth-order valence-corrected chi connectivity index (χ4v) is 4.16. The van der Waals surface area contributed by atoms with Crippen LogP contribution in [-0.2, 0) is 11.2 Å². The number of hydrogen-bond acceptors (Lipinski definition) is 3.